The van der Waals surface area contributed by atoms with Crippen LogP contribution in [0, 0.1) is 17.8 Å². The molecule has 1 saturated carbocycles. The van der Waals surface area contributed by atoms with Gasteiger partial charge in [-0.1, -0.05) is 18.2 Å². The number of hydrogen-bond donors (Lipinski definition) is 3. The van der Waals surface area contributed by atoms with Crippen LogP contribution in [-0.4, -0.2) is 60.2 Å². The Kier molecular flexibility index (Phi) is 7.09. The summed E-state index contributed by atoms with van der Waals surface area (Å²) in [5.74, 6) is -1.58. The van der Waals surface area contributed by atoms with Crippen LogP contribution in [-0.2, 0) is 28.5 Å². The Bertz CT molecular complexity index is 1190. The van der Waals surface area contributed by atoms with Crippen LogP contribution < -0.4 is 16.4 Å². The van der Waals surface area contributed by atoms with E-state index >= 15 is 0 Å². The van der Waals surface area contributed by atoms with E-state index in [4.69, 9.17) is 10.5 Å². The summed E-state index contributed by atoms with van der Waals surface area (Å²) in [5.41, 5.74) is 7.76. The van der Waals surface area contributed by atoms with Crippen LogP contribution in [0.1, 0.15) is 23.1 Å². The fourth-order valence-corrected chi connectivity index (χ4v) is 5.75. The number of methoxy groups -OCH3 is 1. The number of nitrogens with one attached hydrogen (secondary N) is 2. The van der Waals surface area contributed by atoms with Crippen LogP contribution in [0.25, 0.3) is 0 Å². The molecule has 0 saturated heterocycles. The zero-order valence-electron chi connectivity index (χ0n) is 20.6. The van der Waals surface area contributed by atoms with Crippen molar-refractivity contribution in [2.75, 3.05) is 44.0 Å². The van der Waals surface area contributed by atoms with E-state index in [9.17, 15) is 18.0 Å². The average Bonchev–Trinajstić information content (AvgIpc) is 3.39. The van der Waals surface area contributed by atoms with Gasteiger partial charge in [0.2, 0.25) is 11.9 Å². The highest BCUT2D eigenvalue weighted by Crippen LogP contribution is 2.46. The maximum atomic E-state index is 13.8. The van der Waals surface area contributed by atoms with Crippen molar-refractivity contribution in [1.29, 1.82) is 0 Å². The van der Waals surface area contributed by atoms with E-state index in [0.717, 1.165) is 38.7 Å². The Labute approximate surface area is 213 Å². The average molecular weight is 517 g/mol. The first-order valence-corrected chi connectivity index (χ1v) is 12.5. The number of nitrogens with two attached hydrogens (primary N) is 1. The Morgan fingerprint density at radius 3 is 2.68 bits per heavy atom. The topological polar surface area (TPSA) is 105 Å². The van der Waals surface area contributed by atoms with E-state index in [2.05, 4.69) is 25.5 Å². The van der Waals surface area contributed by atoms with Crippen LogP contribution in [0.15, 0.2) is 36.5 Å². The molecule has 4 N–H and O–H groups in total. The Hall–Kier alpha value is -3.18. The number of benzene rings is 1. The number of carbonyl (C=O) groups is 1. The highest BCUT2D eigenvalue weighted by atomic mass is 19.4. The fraction of sp³-hybridized carbons (Fsp3) is 0.500. The second-order valence-electron chi connectivity index (χ2n) is 9.94. The van der Waals surface area contributed by atoms with Gasteiger partial charge in [-0.25, -0.2) is 4.98 Å². The molecule has 11 heteroatoms. The second kappa shape index (κ2) is 10.3. The van der Waals surface area contributed by atoms with E-state index in [1.807, 2.05) is 30.4 Å². The van der Waals surface area contributed by atoms with E-state index in [0.29, 0.717) is 18.7 Å². The lowest BCUT2D eigenvalue weighted by atomic mass is 9.88. The van der Waals surface area contributed by atoms with Gasteiger partial charge in [-0.2, -0.15) is 18.2 Å². The minimum atomic E-state index is -4.66. The number of aromatic nitrogens is 2. The van der Waals surface area contributed by atoms with Crippen LogP contribution in [0.4, 0.5) is 30.6 Å². The fourth-order valence-electron chi connectivity index (χ4n) is 5.75. The first-order chi connectivity index (χ1) is 17.7. The lowest BCUT2D eigenvalue weighted by Crippen LogP contribution is -2.41. The molecule has 8 nitrogen and oxygen atoms in total. The van der Waals surface area contributed by atoms with Crippen molar-refractivity contribution in [1.82, 2.24) is 14.9 Å². The van der Waals surface area contributed by atoms with Crippen LogP contribution >= 0.6 is 0 Å². The third-order valence-corrected chi connectivity index (χ3v) is 7.65. The van der Waals surface area contributed by atoms with Crippen molar-refractivity contribution in [3.8, 4) is 0 Å². The molecule has 2 heterocycles. The first kappa shape index (κ1) is 25.5. The number of primary amides is 1. The summed E-state index contributed by atoms with van der Waals surface area (Å²) in [4.78, 5) is 22.6. The predicted octanol–water partition coefficient (Wildman–Crippen LogP) is 3.37. The molecule has 1 amide bonds. The third kappa shape index (κ3) is 5.42. The zero-order valence-corrected chi connectivity index (χ0v) is 20.6. The number of halogens is 3. The molecule has 4 atom stereocenters. The lowest BCUT2D eigenvalue weighted by molar-refractivity contribution is -0.137. The number of alkyl halides is 3. The maximum absolute atomic E-state index is 13.8. The molecule has 0 radical (unpaired) electrons. The van der Waals surface area contributed by atoms with Crippen LogP contribution in [0.2, 0.25) is 0 Å². The van der Waals surface area contributed by atoms with Gasteiger partial charge in [-0.3, -0.25) is 4.79 Å². The van der Waals surface area contributed by atoms with Crippen LogP contribution in [0.5, 0.6) is 0 Å². The smallest absolute Gasteiger partial charge is 0.383 e. The molecule has 1 fully saturated rings. The number of rotatable bonds is 8. The highest BCUT2D eigenvalue weighted by molar-refractivity contribution is 5.80. The standard InChI is InChI=1S/C26H31F3N6O2/c1-37-11-10-35-8-6-15-4-5-19(13-16(15)7-9-35)32-25-31-14-20(26(27,28)29)24(34-25)33-22-18-3-2-17(12-18)21(22)23(30)36/h2-5,13-14,17-18,21-22H,6-12H2,1H3,(H2,30,36)(H2,31,32,33,34)/t17-,18+,21+,22-/m1/s1. The number of amides is 1. The van der Waals surface area contributed by atoms with Gasteiger partial charge >= 0.3 is 6.18 Å². The molecular formula is C26H31F3N6O2. The monoisotopic (exact) mass is 516 g/mol. The summed E-state index contributed by atoms with van der Waals surface area (Å²) in [5, 5.41) is 5.97. The van der Waals surface area contributed by atoms with Crippen molar-refractivity contribution in [2.45, 2.75) is 31.5 Å². The summed E-state index contributed by atoms with van der Waals surface area (Å²) >= 11 is 0. The molecule has 1 aromatic carbocycles. The van der Waals surface area contributed by atoms with Gasteiger partial charge in [0.15, 0.2) is 0 Å². The SMILES string of the molecule is COCCN1CCc2ccc(Nc3ncc(C(F)(F)F)c(N[C@H]4[C@@H](C(N)=O)[C@@H]5C=C[C@H]4C5)n3)cc2CC1. The minimum absolute atomic E-state index is 0.0418. The van der Waals surface area contributed by atoms with Crippen molar-refractivity contribution in [3.05, 3.63) is 53.2 Å². The minimum Gasteiger partial charge on any atom is -0.383 e. The van der Waals surface area contributed by atoms with Crippen LogP contribution in [0.3, 0.4) is 0 Å². The number of hydrogen-bond acceptors (Lipinski definition) is 7. The number of carbonyl (C=O) groups excluding carboxylic acids is 1. The largest absolute Gasteiger partial charge is 0.421 e. The molecule has 198 valence electrons. The summed E-state index contributed by atoms with van der Waals surface area (Å²) in [6.45, 7) is 3.41. The summed E-state index contributed by atoms with van der Waals surface area (Å²) in [6.07, 6.45) is 2.43. The highest BCUT2D eigenvalue weighted by Gasteiger charge is 2.48. The normalized spacial score (nSPS) is 25.1. The molecule has 0 spiro atoms. The molecule has 1 aliphatic heterocycles. The summed E-state index contributed by atoms with van der Waals surface area (Å²) < 4.78 is 46.6. The van der Waals surface area contributed by atoms with E-state index < -0.39 is 29.6 Å². The Morgan fingerprint density at radius 1 is 1.19 bits per heavy atom. The van der Waals surface area contributed by atoms with E-state index in [1.165, 1.54) is 11.1 Å². The van der Waals surface area contributed by atoms with Gasteiger partial charge < -0.3 is 26.0 Å². The van der Waals surface area contributed by atoms with E-state index in [1.54, 1.807) is 7.11 Å². The Morgan fingerprint density at radius 2 is 1.95 bits per heavy atom. The molecule has 0 unspecified atom stereocenters. The molecular weight excluding hydrogens is 485 g/mol. The second-order valence-corrected chi connectivity index (χ2v) is 9.94. The number of fused-ring (bicyclic) bond motifs is 3. The molecule has 3 aliphatic rings. The predicted molar refractivity (Wildman–Crippen MR) is 133 cm³/mol. The van der Waals surface area contributed by atoms with Gasteiger partial charge in [-0.05, 0) is 54.4 Å². The van der Waals surface area contributed by atoms with Gasteiger partial charge in [0.05, 0.1) is 12.5 Å². The summed E-state index contributed by atoms with van der Waals surface area (Å²) in [6, 6.07) is 5.39. The Balaban J connectivity index is 1.36. The van der Waals surface area contributed by atoms with E-state index in [-0.39, 0.29) is 23.6 Å². The maximum Gasteiger partial charge on any atom is 0.421 e. The number of anilines is 3. The van der Waals surface area contributed by atoms with Gasteiger partial charge in [0.25, 0.3) is 0 Å². The van der Waals surface area contributed by atoms with Crippen molar-refractivity contribution >= 4 is 23.4 Å². The molecule has 2 bridgehead atoms. The molecule has 2 aromatic rings. The summed E-state index contributed by atoms with van der Waals surface area (Å²) in [7, 11) is 1.69. The van der Waals surface area contributed by atoms with Crippen molar-refractivity contribution < 1.29 is 22.7 Å². The third-order valence-electron chi connectivity index (χ3n) is 7.65. The first-order valence-electron chi connectivity index (χ1n) is 12.5. The molecule has 1 aromatic heterocycles. The zero-order chi connectivity index (χ0) is 26.2. The van der Waals surface area contributed by atoms with Gasteiger partial charge in [-0.15, -0.1) is 0 Å². The number of ether oxygens (including phenoxy) is 1. The van der Waals surface area contributed by atoms with Gasteiger partial charge in [0, 0.05) is 44.7 Å². The molecule has 2 aliphatic carbocycles. The number of allylic oxidation sites excluding steroid dienone is 1. The quantitative estimate of drug-likeness (QED) is 0.462. The number of nitrogens with zero attached hydrogens (tertiary/aromatic N) is 3. The van der Waals surface area contributed by atoms with Gasteiger partial charge in [0.1, 0.15) is 11.4 Å². The lowest BCUT2D eigenvalue weighted by Gasteiger charge is -2.28. The van der Waals surface area contributed by atoms with Crippen molar-refractivity contribution in [2.24, 2.45) is 23.5 Å². The molecule has 5 rings (SSSR count). The van der Waals surface area contributed by atoms with Crippen molar-refractivity contribution in [3.63, 3.8) is 0 Å². The molecule has 37 heavy (non-hydrogen) atoms.